The molecule has 192 valence electrons. The molecule has 4 rings (SSSR count). The predicted molar refractivity (Wildman–Crippen MR) is 148 cm³/mol. The maximum absolute atomic E-state index is 12.9. The summed E-state index contributed by atoms with van der Waals surface area (Å²) in [5.41, 5.74) is 3.48. The summed E-state index contributed by atoms with van der Waals surface area (Å²) in [6.45, 7) is 10.1. The molecule has 0 saturated carbocycles. The standard InChI is InChI=1S/C27H28Cl2N6O2/c1-3-17(2)31-20-7-4-6-18(14-20)16-35-12-10-19(11-13-35)32-27(37)25-23(15-30-34-25)33-26(36)24-21(28)8-5-9-22(24)29/h3-9,14-15,19,31H,1-2,10-13,16H2,(H,30,34)(H,32,37)(H,33,36). The Kier molecular flexibility index (Phi) is 8.66. The molecule has 1 aliphatic rings. The number of carbonyl (C=O) groups is 2. The molecule has 1 saturated heterocycles. The van der Waals surface area contributed by atoms with Crippen molar-refractivity contribution in [1.82, 2.24) is 20.4 Å². The van der Waals surface area contributed by atoms with E-state index in [9.17, 15) is 9.59 Å². The Morgan fingerprint density at radius 1 is 1.08 bits per heavy atom. The van der Waals surface area contributed by atoms with Gasteiger partial charge in [-0.05, 0) is 48.7 Å². The van der Waals surface area contributed by atoms with Crippen molar-refractivity contribution in [1.29, 1.82) is 0 Å². The van der Waals surface area contributed by atoms with Crippen LogP contribution in [-0.2, 0) is 6.54 Å². The van der Waals surface area contributed by atoms with Gasteiger partial charge in [-0.25, -0.2) is 0 Å². The zero-order chi connectivity index (χ0) is 26.4. The van der Waals surface area contributed by atoms with Gasteiger partial charge in [0.1, 0.15) is 5.69 Å². The van der Waals surface area contributed by atoms with Crippen molar-refractivity contribution in [3.8, 4) is 0 Å². The number of hydrogen-bond donors (Lipinski definition) is 4. The van der Waals surface area contributed by atoms with E-state index in [1.54, 1.807) is 24.3 Å². The highest BCUT2D eigenvalue weighted by Gasteiger charge is 2.24. The first-order chi connectivity index (χ1) is 17.8. The van der Waals surface area contributed by atoms with E-state index in [-0.39, 0.29) is 38.9 Å². The van der Waals surface area contributed by atoms with Crippen molar-refractivity contribution in [2.45, 2.75) is 25.4 Å². The van der Waals surface area contributed by atoms with Crippen LogP contribution in [0.5, 0.6) is 0 Å². The Morgan fingerprint density at radius 3 is 2.49 bits per heavy atom. The number of carbonyl (C=O) groups excluding carboxylic acids is 2. The van der Waals surface area contributed by atoms with Crippen LogP contribution in [0.15, 0.2) is 73.6 Å². The van der Waals surface area contributed by atoms with Gasteiger partial charge in [-0.1, -0.05) is 54.6 Å². The van der Waals surface area contributed by atoms with Gasteiger partial charge < -0.3 is 16.0 Å². The van der Waals surface area contributed by atoms with E-state index in [2.05, 4.69) is 56.3 Å². The van der Waals surface area contributed by atoms with Gasteiger partial charge in [0.25, 0.3) is 11.8 Å². The van der Waals surface area contributed by atoms with E-state index in [4.69, 9.17) is 23.2 Å². The number of likely N-dealkylation sites (tertiary alicyclic amines) is 1. The number of H-pyrrole nitrogens is 1. The van der Waals surface area contributed by atoms with Crippen LogP contribution < -0.4 is 16.0 Å². The number of benzene rings is 2. The van der Waals surface area contributed by atoms with Crippen LogP contribution in [0.25, 0.3) is 0 Å². The fourth-order valence-electron chi connectivity index (χ4n) is 4.19. The van der Waals surface area contributed by atoms with Gasteiger partial charge in [-0.15, -0.1) is 0 Å². The lowest BCUT2D eigenvalue weighted by Gasteiger charge is -2.32. The predicted octanol–water partition coefficient (Wildman–Crippen LogP) is 5.47. The molecule has 0 atom stereocenters. The fraction of sp³-hybridized carbons (Fsp3) is 0.222. The largest absolute Gasteiger partial charge is 0.356 e. The minimum atomic E-state index is -0.521. The van der Waals surface area contributed by atoms with E-state index >= 15 is 0 Å². The highest BCUT2D eigenvalue weighted by molar-refractivity contribution is 6.40. The van der Waals surface area contributed by atoms with Gasteiger partial charge in [0.15, 0.2) is 0 Å². The third-order valence-corrected chi connectivity index (χ3v) is 6.74. The Bertz CT molecular complexity index is 1290. The van der Waals surface area contributed by atoms with Gasteiger partial charge in [0.05, 0.1) is 27.5 Å². The minimum Gasteiger partial charge on any atom is -0.356 e. The molecular weight excluding hydrogens is 511 g/mol. The topological polar surface area (TPSA) is 102 Å². The highest BCUT2D eigenvalue weighted by atomic mass is 35.5. The molecule has 1 fully saturated rings. The Labute approximate surface area is 225 Å². The normalized spacial score (nSPS) is 14.1. The van der Waals surface area contributed by atoms with Crippen LogP contribution in [-0.4, -0.2) is 46.0 Å². The van der Waals surface area contributed by atoms with Crippen molar-refractivity contribution in [2.24, 2.45) is 0 Å². The molecule has 1 aromatic heterocycles. The van der Waals surface area contributed by atoms with Crippen LogP contribution in [0.1, 0.15) is 39.3 Å². The highest BCUT2D eigenvalue weighted by Crippen LogP contribution is 2.26. The molecule has 10 heteroatoms. The Morgan fingerprint density at radius 2 is 1.78 bits per heavy atom. The van der Waals surface area contributed by atoms with Gasteiger partial charge in [-0.2, -0.15) is 5.10 Å². The molecule has 0 radical (unpaired) electrons. The number of piperidine rings is 1. The van der Waals surface area contributed by atoms with Gasteiger partial charge in [-0.3, -0.25) is 19.6 Å². The van der Waals surface area contributed by atoms with E-state index in [1.807, 2.05) is 12.1 Å². The average Bonchev–Trinajstić information content (AvgIpc) is 3.33. The van der Waals surface area contributed by atoms with Crippen LogP contribution in [0.2, 0.25) is 10.0 Å². The third-order valence-electron chi connectivity index (χ3n) is 6.11. The number of nitrogens with zero attached hydrogens (tertiary/aromatic N) is 2. The maximum Gasteiger partial charge on any atom is 0.271 e. The summed E-state index contributed by atoms with van der Waals surface area (Å²) >= 11 is 12.3. The van der Waals surface area contributed by atoms with Crippen LogP contribution in [0, 0.1) is 0 Å². The number of amides is 2. The quantitative estimate of drug-likeness (QED) is 0.270. The molecule has 2 heterocycles. The summed E-state index contributed by atoms with van der Waals surface area (Å²) in [6.07, 6.45) is 4.68. The van der Waals surface area contributed by atoms with E-state index < -0.39 is 5.91 Å². The number of halogens is 2. The van der Waals surface area contributed by atoms with Crippen molar-refractivity contribution >= 4 is 46.4 Å². The van der Waals surface area contributed by atoms with Crippen molar-refractivity contribution in [3.05, 3.63) is 100 Å². The van der Waals surface area contributed by atoms with Gasteiger partial charge in [0, 0.05) is 37.1 Å². The molecule has 0 bridgehead atoms. The maximum atomic E-state index is 12.9. The molecule has 37 heavy (non-hydrogen) atoms. The smallest absolute Gasteiger partial charge is 0.271 e. The van der Waals surface area contributed by atoms with Crippen molar-refractivity contribution in [3.63, 3.8) is 0 Å². The molecule has 0 spiro atoms. The van der Waals surface area contributed by atoms with E-state index in [0.29, 0.717) is 0 Å². The SMILES string of the molecule is C=CC(=C)Nc1cccc(CN2CCC(NC(=O)c3[nH]ncc3NC(=O)c3c(Cl)cccc3Cl)CC2)c1. The number of rotatable bonds is 9. The van der Waals surface area contributed by atoms with E-state index in [1.165, 1.54) is 11.8 Å². The number of allylic oxidation sites excluding steroid dienone is 1. The van der Waals surface area contributed by atoms with Crippen LogP contribution >= 0.6 is 23.2 Å². The summed E-state index contributed by atoms with van der Waals surface area (Å²) in [7, 11) is 0. The monoisotopic (exact) mass is 538 g/mol. The number of nitrogens with one attached hydrogen (secondary N) is 4. The molecular formula is C27H28Cl2N6O2. The third kappa shape index (κ3) is 6.80. The second-order valence-corrected chi connectivity index (χ2v) is 9.60. The lowest BCUT2D eigenvalue weighted by molar-refractivity contribution is 0.0904. The molecule has 8 nitrogen and oxygen atoms in total. The second-order valence-electron chi connectivity index (χ2n) is 8.79. The molecule has 4 N–H and O–H groups in total. The first-order valence-electron chi connectivity index (χ1n) is 11.8. The first-order valence-corrected chi connectivity index (χ1v) is 12.6. The number of aromatic nitrogens is 2. The van der Waals surface area contributed by atoms with Gasteiger partial charge >= 0.3 is 0 Å². The molecule has 2 aromatic carbocycles. The number of anilines is 2. The molecule has 0 aliphatic carbocycles. The Balaban J connectivity index is 1.30. The summed E-state index contributed by atoms with van der Waals surface area (Å²) < 4.78 is 0. The zero-order valence-corrected chi connectivity index (χ0v) is 21.7. The number of hydrogen-bond acceptors (Lipinski definition) is 5. The lowest BCUT2D eigenvalue weighted by atomic mass is 10.0. The molecule has 1 aliphatic heterocycles. The second kappa shape index (κ2) is 12.1. The summed E-state index contributed by atoms with van der Waals surface area (Å²) in [5, 5.41) is 16.0. The summed E-state index contributed by atoms with van der Waals surface area (Å²) in [4.78, 5) is 28.0. The minimum absolute atomic E-state index is 0.0116. The van der Waals surface area contributed by atoms with Gasteiger partial charge in [0.2, 0.25) is 0 Å². The molecule has 3 aromatic rings. The van der Waals surface area contributed by atoms with Crippen molar-refractivity contribution < 1.29 is 9.59 Å². The Hall–Kier alpha value is -3.59. The lowest BCUT2D eigenvalue weighted by Crippen LogP contribution is -2.44. The zero-order valence-electron chi connectivity index (χ0n) is 20.2. The first kappa shape index (κ1) is 26.5. The number of aromatic amines is 1. The van der Waals surface area contributed by atoms with Crippen LogP contribution in [0.4, 0.5) is 11.4 Å². The average molecular weight is 539 g/mol. The molecule has 0 unspecified atom stereocenters. The van der Waals surface area contributed by atoms with Crippen molar-refractivity contribution in [2.75, 3.05) is 23.7 Å². The fourth-order valence-corrected chi connectivity index (χ4v) is 4.76. The summed E-state index contributed by atoms with van der Waals surface area (Å²) in [5.74, 6) is -0.856. The van der Waals surface area contributed by atoms with E-state index in [0.717, 1.165) is 43.9 Å². The molecule has 2 amide bonds. The van der Waals surface area contributed by atoms with Crippen LogP contribution in [0.3, 0.4) is 0 Å². The summed E-state index contributed by atoms with van der Waals surface area (Å²) in [6, 6.07) is 13.0.